The van der Waals surface area contributed by atoms with Crippen molar-refractivity contribution < 1.29 is 0 Å². The van der Waals surface area contributed by atoms with Crippen molar-refractivity contribution in [2.45, 2.75) is 155 Å². The fourth-order valence-electron chi connectivity index (χ4n) is 8.02. The van der Waals surface area contributed by atoms with Gasteiger partial charge in [0.15, 0.2) is 0 Å². The second-order valence-corrected chi connectivity index (χ2v) is 15.1. The first-order chi connectivity index (χ1) is 24.4. The van der Waals surface area contributed by atoms with Gasteiger partial charge in [0, 0.05) is 23.2 Å². The van der Waals surface area contributed by atoms with Crippen molar-refractivity contribution in [3.05, 3.63) is 129 Å². The van der Waals surface area contributed by atoms with Crippen LogP contribution in [0.4, 0.5) is 11.4 Å². The average molecular weight is 673 g/mol. The molecule has 2 unspecified atom stereocenters. The molecule has 0 saturated heterocycles. The van der Waals surface area contributed by atoms with E-state index in [1.54, 1.807) is 0 Å². The van der Waals surface area contributed by atoms with E-state index in [0.29, 0.717) is 11.8 Å². The molecule has 0 aliphatic carbocycles. The molecule has 0 saturated carbocycles. The molecule has 2 nitrogen and oxygen atoms in total. The quantitative estimate of drug-likeness (QED) is 0.0608. The smallest absolute Gasteiger partial charge is 0.0316 e. The van der Waals surface area contributed by atoms with Gasteiger partial charge in [0.1, 0.15) is 0 Å². The predicted molar refractivity (Wildman–Crippen MR) is 220 cm³/mol. The zero-order valence-corrected chi connectivity index (χ0v) is 32.1. The molecule has 4 rings (SSSR count). The number of nitrogens with two attached hydrogens (primary N) is 2. The number of rotatable bonds is 23. The molecule has 0 aromatic heterocycles. The van der Waals surface area contributed by atoms with E-state index in [-0.39, 0.29) is 0 Å². The van der Waals surface area contributed by atoms with Crippen molar-refractivity contribution in [3.8, 4) is 0 Å². The molecule has 0 fully saturated rings. The lowest BCUT2D eigenvalue weighted by Crippen LogP contribution is -2.04. The lowest BCUT2D eigenvalue weighted by Gasteiger charge is -2.20. The van der Waals surface area contributed by atoms with Gasteiger partial charge in [0.2, 0.25) is 0 Å². The standard InChI is InChI=1S/C48H68N2/c1-5-19-47(45-33-31-43(49)35-37(45)3)41-27-23-39(24-28-41)21-17-15-13-11-9-7-8-10-12-14-16-18-22-40-25-29-42(30-26-40)48(20-6-2)46-34-32-44(50)36-38(46)4/h23-36,47-48H,5-22,49-50H2,1-4H3. The lowest BCUT2D eigenvalue weighted by atomic mass is 9.84. The van der Waals surface area contributed by atoms with Crippen LogP contribution in [-0.2, 0) is 12.8 Å². The van der Waals surface area contributed by atoms with Crippen LogP contribution < -0.4 is 11.5 Å². The summed E-state index contributed by atoms with van der Waals surface area (Å²) in [6.45, 7) is 8.95. The van der Waals surface area contributed by atoms with Crippen molar-refractivity contribution in [1.82, 2.24) is 0 Å². The van der Waals surface area contributed by atoms with Crippen LogP contribution in [0.25, 0.3) is 0 Å². The number of aryl methyl sites for hydroxylation is 4. The molecule has 0 aliphatic rings. The topological polar surface area (TPSA) is 52.0 Å². The molecule has 0 heterocycles. The van der Waals surface area contributed by atoms with Crippen LogP contribution in [0, 0.1) is 13.8 Å². The average Bonchev–Trinajstić information content (AvgIpc) is 3.11. The first kappa shape index (κ1) is 39.3. The van der Waals surface area contributed by atoms with Gasteiger partial charge in [-0.2, -0.15) is 0 Å². The first-order valence-electron chi connectivity index (χ1n) is 20.3. The summed E-state index contributed by atoms with van der Waals surface area (Å²) in [7, 11) is 0. The van der Waals surface area contributed by atoms with Crippen molar-refractivity contribution in [2.75, 3.05) is 11.5 Å². The van der Waals surface area contributed by atoms with Crippen LogP contribution in [0.15, 0.2) is 84.9 Å². The number of benzene rings is 4. The van der Waals surface area contributed by atoms with Crippen LogP contribution in [0.5, 0.6) is 0 Å². The molecule has 270 valence electrons. The Morgan fingerprint density at radius 1 is 0.420 bits per heavy atom. The van der Waals surface area contributed by atoms with Gasteiger partial charge in [0.25, 0.3) is 0 Å². The van der Waals surface area contributed by atoms with E-state index in [1.165, 1.54) is 160 Å². The zero-order chi connectivity index (χ0) is 35.6. The monoisotopic (exact) mass is 673 g/mol. The zero-order valence-electron chi connectivity index (χ0n) is 32.1. The Hall–Kier alpha value is -3.52. The molecule has 4 N–H and O–H groups in total. The van der Waals surface area contributed by atoms with Gasteiger partial charge in [0.05, 0.1) is 0 Å². The Morgan fingerprint density at radius 2 is 0.740 bits per heavy atom. The van der Waals surface area contributed by atoms with Crippen LogP contribution in [0.2, 0.25) is 0 Å². The second-order valence-electron chi connectivity index (χ2n) is 15.1. The van der Waals surface area contributed by atoms with Crippen molar-refractivity contribution >= 4 is 11.4 Å². The minimum atomic E-state index is 0.458. The Morgan fingerprint density at radius 3 is 1.04 bits per heavy atom. The SMILES string of the molecule is CCCC(c1ccc(CCCCCCCCCCCCCCc2ccc(C(CCC)c3ccc(N)cc3C)cc2)cc1)c1ccc(N)cc1C. The molecule has 0 radical (unpaired) electrons. The number of nitrogen functional groups attached to an aromatic ring is 2. The minimum Gasteiger partial charge on any atom is -0.399 e. The van der Waals surface area contributed by atoms with Gasteiger partial charge in [-0.25, -0.2) is 0 Å². The van der Waals surface area contributed by atoms with Gasteiger partial charge in [-0.05, 0) is 121 Å². The summed E-state index contributed by atoms with van der Waals surface area (Å²) in [6, 6.07) is 31.8. The molecule has 0 spiro atoms. The van der Waals surface area contributed by atoms with Crippen LogP contribution in [0.1, 0.15) is 173 Å². The van der Waals surface area contributed by atoms with Gasteiger partial charge < -0.3 is 11.5 Å². The van der Waals surface area contributed by atoms with E-state index < -0.39 is 0 Å². The maximum atomic E-state index is 6.02. The summed E-state index contributed by atoms with van der Waals surface area (Å²) in [6.07, 6.45) is 23.6. The summed E-state index contributed by atoms with van der Waals surface area (Å²) in [5, 5.41) is 0. The third-order valence-electron chi connectivity index (χ3n) is 10.9. The highest BCUT2D eigenvalue weighted by atomic mass is 14.5. The number of hydrogen-bond donors (Lipinski definition) is 2. The lowest BCUT2D eigenvalue weighted by molar-refractivity contribution is 0.540. The fraction of sp³-hybridized carbons (Fsp3) is 0.500. The molecular formula is C48H68N2. The third-order valence-corrected chi connectivity index (χ3v) is 10.9. The molecule has 0 aliphatic heterocycles. The molecule has 4 aromatic rings. The Labute approximate surface area is 306 Å². The van der Waals surface area contributed by atoms with Crippen LogP contribution >= 0.6 is 0 Å². The summed E-state index contributed by atoms with van der Waals surface area (Å²) in [5.74, 6) is 0.916. The van der Waals surface area contributed by atoms with E-state index in [2.05, 4.69) is 113 Å². The highest BCUT2D eigenvalue weighted by molar-refractivity contribution is 5.49. The van der Waals surface area contributed by atoms with Crippen molar-refractivity contribution in [1.29, 1.82) is 0 Å². The summed E-state index contributed by atoms with van der Waals surface area (Å²) >= 11 is 0. The second kappa shape index (κ2) is 21.6. The highest BCUT2D eigenvalue weighted by Gasteiger charge is 2.17. The number of unbranched alkanes of at least 4 members (excludes halogenated alkanes) is 11. The van der Waals surface area contributed by atoms with Crippen LogP contribution in [0.3, 0.4) is 0 Å². The molecule has 0 bridgehead atoms. The normalized spacial score (nSPS) is 12.6. The Balaban J connectivity index is 1.01. The van der Waals surface area contributed by atoms with E-state index in [0.717, 1.165) is 11.4 Å². The van der Waals surface area contributed by atoms with Gasteiger partial charge in [-0.3, -0.25) is 0 Å². The summed E-state index contributed by atoms with van der Waals surface area (Å²) < 4.78 is 0. The number of hydrogen-bond acceptors (Lipinski definition) is 2. The Bertz CT molecular complexity index is 1400. The first-order valence-corrected chi connectivity index (χ1v) is 20.3. The Kier molecular flexibility index (Phi) is 17.0. The van der Waals surface area contributed by atoms with Gasteiger partial charge in [-0.1, -0.05) is 152 Å². The molecule has 2 heteroatoms. The summed E-state index contributed by atoms with van der Waals surface area (Å²) in [4.78, 5) is 0. The third kappa shape index (κ3) is 12.7. The highest BCUT2D eigenvalue weighted by Crippen LogP contribution is 2.34. The predicted octanol–water partition coefficient (Wildman–Crippen LogP) is 13.8. The fourth-order valence-corrected chi connectivity index (χ4v) is 8.02. The minimum absolute atomic E-state index is 0.458. The van der Waals surface area contributed by atoms with E-state index in [9.17, 15) is 0 Å². The molecule has 4 aromatic carbocycles. The van der Waals surface area contributed by atoms with Gasteiger partial charge in [-0.15, -0.1) is 0 Å². The maximum Gasteiger partial charge on any atom is 0.0316 e. The van der Waals surface area contributed by atoms with E-state index in [1.807, 2.05) is 0 Å². The van der Waals surface area contributed by atoms with Gasteiger partial charge >= 0.3 is 0 Å². The van der Waals surface area contributed by atoms with Crippen molar-refractivity contribution in [3.63, 3.8) is 0 Å². The summed E-state index contributed by atoms with van der Waals surface area (Å²) in [5.41, 5.74) is 25.0. The van der Waals surface area contributed by atoms with Crippen LogP contribution in [-0.4, -0.2) is 0 Å². The number of anilines is 2. The molecular weight excluding hydrogens is 605 g/mol. The van der Waals surface area contributed by atoms with E-state index >= 15 is 0 Å². The largest absolute Gasteiger partial charge is 0.399 e. The maximum absolute atomic E-state index is 6.02. The molecule has 0 amide bonds. The van der Waals surface area contributed by atoms with Crippen molar-refractivity contribution in [2.24, 2.45) is 0 Å². The van der Waals surface area contributed by atoms with E-state index in [4.69, 9.17) is 11.5 Å². The molecule has 2 atom stereocenters. The molecule has 50 heavy (non-hydrogen) atoms.